The standard InChI is InChI=1S/C12H18N2OS/c1-14-6-3-5-12(9-13,8-11(14)15)10-4-2-7-16-10/h2,4,7H,3,5-6,8-9,13H2,1H3. The summed E-state index contributed by atoms with van der Waals surface area (Å²) in [5, 5.41) is 2.06. The SMILES string of the molecule is CN1CCCC(CN)(c2cccs2)CC1=O. The summed E-state index contributed by atoms with van der Waals surface area (Å²) in [4.78, 5) is 15.0. The van der Waals surface area contributed by atoms with Crippen LogP contribution in [0.25, 0.3) is 0 Å². The number of nitrogens with two attached hydrogens (primary N) is 1. The maximum Gasteiger partial charge on any atom is 0.223 e. The molecule has 1 aromatic rings. The fourth-order valence-electron chi connectivity index (χ4n) is 2.36. The van der Waals surface area contributed by atoms with Crippen molar-refractivity contribution in [1.29, 1.82) is 0 Å². The number of carbonyl (C=O) groups excluding carboxylic acids is 1. The highest BCUT2D eigenvalue weighted by atomic mass is 32.1. The van der Waals surface area contributed by atoms with Crippen LogP contribution in [0.5, 0.6) is 0 Å². The zero-order chi connectivity index (χ0) is 11.6. The number of hydrogen-bond acceptors (Lipinski definition) is 3. The molecule has 2 rings (SSSR count). The maximum absolute atomic E-state index is 12.0. The topological polar surface area (TPSA) is 46.3 Å². The van der Waals surface area contributed by atoms with Crippen LogP contribution >= 0.6 is 11.3 Å². The first-order valence-corrected chi connectivity index (χ1v) is 6.54. The van der Waals surface area contributed by atoms with Crippen LogP contribution in [0.15, 0.2) is 17.5 Å². The molecule has 0 radical (unpaired) electrons. The molecular weight excluding hydrogens is 220 g/mol. The summed E-state index contributed by atoms with van der Waals surface area (Å²) in [7, 11) is 1.88. The van der Waals surface area contributed by atoms with Gasteiger partial charge in [0.2, 0.25) is 5.91 Å². The molecule has 1 aromatic heterocycles. The number of hydrogen-bond donors (Lipinski definition) is 1. The van der Waals surface area contributed by atoms with Crippen molar-refractivity contribution in [1.82, 2.24) is 4.90 Å². The second-order valence-electron chi connectivity index (χ2n) is 4.56. The molecule has 1 aliphatic heterocycles. The molecule has 0 bridgehead atoms. The molecule has 0 aromatic carbocycles. The Morgan fingerprint density at radius 1 is 1.62 bits per heavy atom. The van der Waals surface area contributed by atoms with Crippen LogP contribution in [-0.2, 0) is 10.2 Å². The van der Waals surface area contributed by atoms with Gasteiger partial charge in [-0.2, -0.15) is 0 Å². The number of likely N-dealkylation sites (tertiary alicyclic amines) is 1. The normalized spacial score (nSPS) is 26.9. The van der Waals surface area contributed by atoms with E-state index in [4.69, 9.17) is 5.73 Å². The Bertz CT molecular complexity index is 363. The van der Waals surface area contributed by atoms with E-state index >= 15 is 0 Å². The Balaban J connectivity index is 2.30. The molecule has 1 fully saturated rings. The molecule has 1 saturated heterocycles. The Morgan fingerprint density at radius 2 is 2.44 bits per heavy atom. The summed E-state index contributed by atoms with van der Waals surface area (Å²) in [6.07, 6.45) is 2.61. The van der Waals surface area contributed by atoms with Crippen LogP contribution < -0.4 is 5.73 Å². The van der Waals surface area contributed by atoms with Gasteiger partial charge in [0.05, 0.1) is 0 Å². The van der Waals surface area contributed by atoms with Gasteiger partial charge < -0.3 is 10.6 Å². The van der Waals surface area contributed by atoms with Crippen LogP contribution in [0.1, 0.15) is 24.1 Å². The molecule has 0 aliphatic carbocycles. The van der Waals surface area contributed by atoms with Crippen LogP contribution in [-0.4, -0.2) is 30.9 Å². The number of carbonyl (C=O) groups is 1. The fraction of sp³-hybridized carbons (Fsp3) is 0.583. The van der Waals surface area contributed by atoms with E-state index in [0.717, 1.165) is 19.4 Å². The Kier molecular flexibility index (Phi) is 3.30. The molecule has 1 aliphatic rings. The molecule has 1 amide bonds. The van der Waals surface area contributed by atoms with Gasteiger partial charge in [0.25, 0.3) is 0 Å². The molecule has 16 heavy (non-hydrogen) atoms. The van der Waals surface area contributed by atoms with E-state index in [9.17, 15) is 4.79 Å². The molecule has 1 unspecified atom stereocenters. The van der Waals surface area contributed by atoms with Crippen LogP contribution in [0.3, 0.4) is 0 Å². The molecule has 0 saturated carbocycles. The average Bonchev–Trinajstić information content (AvgIpc) is 2.76. The first-order valence-electron chi connectivity index (χ1n) is 5.66. The molecule has 2 heterocycles. The number of rotatable bonds is 2. The van der Waals surface area contributed by atoms with Gasteiger partial charge >= 0.3 is 0 Å². The third kappa shape index (κ3) is 1.99. The highest BCUT2D eigenvalue weighted by Crippen LogP contribution is 2.37. The molecule has 4 heteroatoms. The molecule has 0 spiro atoms. The van der Waals surface area contributed by atoms with Gasteiger partial charge in [-0.15, -0.1) is 11.3 Å². The lowest BCUT2D eigenvalue weighted by atomic mass is 9.79. The molecule has 88 valence electrons. The molecule has 2 N–H and O–H groups in total. The quantitative estimate of drug-likeness (QED) is 0.850. The summed E-state index contributed by atoms with van der Waals surface area (Å²) in [5.74, 6) is 0.219. The van der Waals surface area contributed by atoms with Crippen LogP contribution in [0.4, 0.5) is 0 Å². The minimum absolute atomic E-state index is 0.115. The van der Waals surface area contributed by atoms with Gasteiger partial charge in [0.1, 0.15) is 0 Å². The lowest BCUT2D eigenvalue weighted by Gasteiger charge is -2.29. The van der Waals surface area contributed by atoms with Gasteiger partial charge in [0.15, 0.2) is 0 Å². The van der Waals surface area contributed by atoms with E-state index in [2.05, 4.69) is 11.4 Å². The molecular formula is C12H18N2OS. The Labute approximate surface area is 100 Å². The number of nitrogens with zero attached hydrogens (tertiary/aromatic N) is 1. The van der Waals surface area contributed by atoms with Crippen LogP contribution in [0.2, 0.25) is 0 Å². The minimum Gasteiger partial charge on any atom is -0.346 e. The highest BCUT2D eigenvalue weighted by Gasteiger charge is 2.37. The minimum atomic E-state index is -0.115. The smallest absolute Gasteiger partial charge is 0.223 e. The second-order valence-corrected chi connectivity index (χ2v) is 5.51. The molecule has 1 atom stereocenters. The van der Waals surface area contributed by atoms with Crippen molar-refractivity contribution in [2.45, 2.75) is 24.7 Å². The number of thiophene rings is 1. The van der Waals surface area contributed by atoms with Gasteiger partial charge in [-0.3, -0.25) is 4.79 Å². The van der Waals surface area contributed by atoms with Crippen molar-refractivity contribution in [3.8, 4) is 0 Å². The molecule has 3 nitrogen and oxygen atoms in total. The number of amides is 1. The summed E-state index contributed by atoms with van der Waals surface area (Å²) in [6.45, 7) is 1.42. The second kappa shape index (κ2) is 4.55. The first kappa shape index (κ1) is 11.6. The van der Waals surface area contributed by atoms with E-state index in [1.165, 1.54) is 4.88 Å². The predicted molar refractivity (Wildman–Crippen MR) is 66.5 cm³/mol. The lowest BCUT2D eigenvalue weighted by molar-refractivity contribution is -0.130. The van der Waals surface area contributed by atoms with Crippen molar-refractivity contribution < 1.29 is 4.79 Å². The largest absolute Gasteiger partial charge is 0.346 e. The van der Waals surface area contributed by atoms with E-state index in [-0.39, 0.29) is 11.3 Å². The average molecular weight is 238 g/mol. The zero-order valence-electron chi connectivity index (χ0n) is 9.61. The van der Waals surface area contributed by atoms with Crippen molar-refractivity contribution in [2.24, 2.45) is 5.73 Å². The van der Waals surface area contributed by atoms with E-state index < -0.39 is 0 Å². The van der Waals surface area contributed by atoms with Crippen molar-refractivity contribution in [3.05, 3.63) is 22.4 Å². The maximum atomic E-state index is 12.0. The third-order valence-electron chi connectivity index (χ3n) is 3.50. The van der Waals surface area contributed by atoms with Crippen molar-refractivity contribution in [2.75, 3.05) is 20.1 Å². The summed E-state index contributed by atoms with van der Waals surface area (Å²) in [5.41, 5.74) is 5.83. The van der Waals surface area contributed by atoms with Gasteiger partial charge in [-0.25, -0.2) is 0 Å². The fourth-order valence-corrected chi connectivity index (χ4v) is 3.33. The Morgan fingerprint density at radius 3 is 3.06 bits per heavy atom. The van der Waals surface area contributed by atoms with Crippen molar-refractivity contribution >= 4 is 17.2 Å². The van der Waals surface area contributed by atoms with Gasteiger partial charge in [-0.1, -0.05) is 6.07 Å². The van der Waals surface area contributed by atoms with E-state index in [1.807, 2.05) is 18.0 Å². The third-order valence-corrected chi connectivity index (χ3v) is 4.62. The lowest BCUT2D eigenvalue weighted by Crippen LogP contribution is -2.37. The van der Waals surface area contributed by atoms with E-state index in [0.29, 0.717) is 13.0 Å². The summed E-state index contributed by atoms with van der Waals surface area (Å²) < 4.78 is 0. The van der Waals surface area contributed by atoms with Crippen LogP contribution in [0, 0.1) is 0 Å². The summed E-state index contributed by atoms with van der Waals surface area (Å²) in [6, 6.07) is 4.15. The monoisotopic (exact) mass is 238 g/mol. The van der Waals surface area contributed by atoms with Gasteiger partial charge in [0, 0.05) is 36.9 Å². The summed E-state index contributed by atoms with van der Waals surface area (Å²) >= 11 is 1.71. The zero-order valence-corrected chi connectivity index (χ0v) is 10.4. The predicted octanol–water partition coefficient (Wildman–Crippen LogP) is 1.59. The van der Waals surface area contributed by atoms with Gasteiger partial charge in [-0.05, 0) is 24.3 Å². The van der Waals surface area contributed by atoms with Crippen molar-refractivity contribution in [3.63, 3.8) is 0 Å². The highest BCUT2D eigenvalue weighted by molar-refractivity contribution is 7.10. The Hall–Kier alpha value is -0.870. The first-order chi connectivity index (χ1) is 7.68. The van der Waals surface area contributed by atoms with E-state index in [1.54, 1.807) is 11.3 Å².